The van der Waals surface area contributed by atoms with Gasteiger partial charge in [0.15, 0.2) is 0 Å². The van der Waals surface area contributed by atoms with E-state index in [9.17, 15) is 19.7 Å². The fourth-order valence-corrected chi connectivity index (χ4v) is 1.86. The lowest BCUT2D eigenvalue weighted by molar-refractivity contribution is -0.485. The summed E-state index contributed by atoms with van der Waals surface area (Å²) in [7, 11) is 0. The Labute approximate surface area is 115 Å². The van der Waals surface area contributed by atoms with Crippen LogP contribution in [-0.2, 0) is 9.53 Å². The van der Waals surface area contributed by atoms with Crippen molar-refractivity contribution in [1.82, 2.24) is 9.78 Å². The van der Waals surface area contributed by atoms with Crippen molar-refractivity contribution in [2.24, 2.45) is 5.92 Å². The van der Waals surface area contributed by atoms with Crippen LogP contribution in [0, 0.1) is 29.9 Å². The number of hydrogen-bond donors (Lipinski definition) is 0. The molecule has 1 atom stereocenters. The van der Waals surface area contributed by atoms with E-state index in [1.165, 1.54) is 0 Å². The minimum atomic E-state index is -1.08. The molecule has 0 amide bonds. The second-order valence-electron chi connectivity index (χ2n) is 4.40. The highest BCUT2D eigenvalue weighted by Crippen LogP contribution is 2.12. The van der Waals surface area contributed by atoms with E-state index in [1.54, 1.807) is 26.8 Å². The van der Waals surface area contributed by atoms with E-state index in [2.05, 4.69) is 5.10 Å². The molecule has 0 saturated heterocycles. The number of carbonyl (C=O) groups excluding carboxylic acids is 2. The van der Waals surface area contributed by atoms with Crippen molar-refractivity contribution in [3.8, 4) is 0 Å². The summed E-state index contributed by atoms with van der Waals surface area (Å²) in [5.41, 5.74) is 1.21. The minimum absolute atomic E-state index is 0.165. The maximum absolute atomic E-state index is 12.2. The Morgan fingerprint density at radius 3 is 2.60 bits per heavy atom. The normalized spacial score (nSPS) is 11.9. The molecule has 1 heterocycles. The van der Waals surface area contributed by atoms with Crippen LogP contribution in [0.25, 0.3) is 0 Å². The van der Waals surface area contributed by atoms with E-state index < -0.39 is 29.3 Å². The summed E-state index contributed by atoms with van der Waals surface area (Å²) < 4.78 is 5.83. The number of carbonyl (C=O) groups is 2. The average Bonchev–Trinajstić information content (AvgIpc) is 2.66. The van der Waals surface area contributed by atoms with E-state index in [0.717, 1.165) is 4.68 Å². The molecule has 0 bridgehead atoms. The van der Waals surface area contributed by atoms with Crippen molar-refractivity contribution in [1.29, 1.82) is 0 Å². The molecule has 110 valence electrons. The van der Waals surface area contributed by atoms with Crippen LogP contribution in [0.4, 0.5) is 0 Å². The lowest BCUT2D eigenvalue weighted by Crippen LogP contribution is -2.31. The summed E-state index contributed by atoms with van der Waals surface area (Å²) in [4.78, 5) is 33.7. The number of nitro groups is 1. The van der Waals surface area contributed by atoms with Gasteiger partial charge in [0.2, 0.25) is 6.54 Å². The monoisotopic (exact) mass is 283 g/mol. The van der Waals surface area contributed by atoms with Gasteiger partial charge in [-0.05, 0) is 26.8 Å². The summed E-state index contributed by atoms with van der Waals surface area (Å²) >= 11 is 0. The molecular formula is C12H17N3O5. The Bertz CT molecular complexity index is 523. The van der Waals surface area contributed by atoms with Crippen LogP contribution in [0.1, 0.15) is 29.5 Å². The second kappa shape index (κ2) is 6.78. The lowest BCUT2D eigenvalue weighted by atomic mass is 10.1. The largest absolute Gasteiger partial charge is 0.466 e. The number of ether oxygens (including phenoxy) is 1. The van der Waals surface area contributed by atoms with Gasteiger partial charge in [0, 0.05) is 10.6 Å². The van der Waals surface area contributed by atoms with Crippen LogP contribution < -0.4 is 0 Å². The highest BCUT2D eigenvalue weighted by molar-refractivity contribution is 5.85. The predicted molar refractivity (Wildman–Crippen MR) is 68.9 cm³/mol. The van der Waals surface area contributed by atoms with E-state index in [0.29, 0.717) is 11.4 Å². The molecule has 20 heavy (non-hydrogen) atoms. The van der Waals surface area contributed by atoms with Crippen molar-refractivity contribution in [3.63, 3.8) is 0 Å². The van der Waals surface area contributed by atoms with Gasteiger partial charge in [0.25, 0.3) is 5.91 Å². The third-order valence-electron chi connectivity index (χ3n) is 2.66. The third-order valence-corrected chi connectivity index (χ3v) is 2.66. The molecule has 8 heteroatoms. The smallest absolute Gasteiger partial charge is 0.306 e. The molecule has 0 saturated carbocycles. The summed E-state index contributed by atoms with van der Waals surface area (Å²) in [6, 6.07) is 1.69. The summed E-state index contributed by atoms with van der Waals surface area (Å²) in [5.74, 6) is -2.28. The van der Waals surface area contributed by atoms with Crippen LogP contribution in [0.15, 0.2) is 6.07 Å². The standard InChI is InChI=1S/C12H17N3O5/c1-4-20-11(16)6-10(7-14(18)19)12(17)15-9(3)5-8(2)13-15/h5,10H,4,6-7H2,1-3H3. The van der Waals surface area contributed by atoms with Crippen molar-refractivity contribution < 1.29 is 19.2 Å². The third kappa shape index (κ3) is 4.15. The van der Waals surface area contributed by atoms with Crippen LogP contribution >= 0.6 is 0 Å². The first-order chi connectivity index (χ1) is 9.35. The van der Waals surface area contributed by atoms with E-state index >= 15 is 0 Å². The average molecular weight is 283 g/mol. The van der Waals surface area contributed by atoms with Gasteiger partial charge in [-0.3, -0.25) is 19.7 Å². The molecule has 0 aliphatic rings. The van der Waals surface area contributed by atoms with Gasteiger partial charge in [-0.15, -0.1) is 0 Å². The molecular weight excluding hydrogens is 266 g/mol. The fraction of sp³-hybridized carbons (Fsp3) is 0.583. The lowest BCUT2D eigenvalue weighted by Gasteiger charge is -2.12. The number of aryl methyl sites for hydroxylation is 2. The Hall–Kier alpha value is -2.25. The molecule has 0 radical (unpaired) electrons. The van der Waals surface area contributed by atoms with Crippen LogP contribution in [0.3, 0.4) is 0 Å². The maximum Gasteiger partial charge on any atom is 0.306 e. The quantitative estimate of drug-likeness (QED) is 0.438. The Morgan fingerprint density at radius 2 is 2.15 bits per heavy atom. The van der Waals surface area contributed by atoms with Crippen molar-refractivity contribution in [2.75, 3.05) is 13.2 Å². The molecule has 0 N–H and O–H groups in total. The summed E-state index contributed by atoms with van der Waals surface area (Å²) in [6.07, 6.45) is -0.327. The predicted octanol–water partition coefficient (Wildman–Crippen LogP) is 0.986. The van der Waals surface area contributed by atoms with Gasteiger partial charge in [-0.1, -0.05) is 0 Å². The first-order valence-corrected chi connectivity index (χ1v) is 6.20. The number of aromatic nitrogens is 2. The molecule has 0 aliphatic carbocycles. The zero-order chi connectivity index (χ0) is 15.3. The van der Waals surface area contributed by atoms with Crippen LogP contribution in [0.5, 0.6) is 0 Å². The molecule has 0 spiro atoms. The van der Waals surface area contributed by atoms with Crippen molar-refractivity contribution in [2.45, 2.75) is 27.2 Å². The zero-order valence-corrected chi connectivity index (χ0v) is 11.7. The number of esters is 1. The van der Waals surface area contributed by atoms with E-state index in [-0.39, 0.29) is 13.0 Å². The topological polar surface area (TPSA) is 104 Å². The van der Waals surface area contributed by atoms with Gasteiger partial charge in [0.1, 0.15) is 5.92 Å². The summed E-state index contributed by atoms with van der Waals surface area (Å²) in [6.45, 7) is 4.55. The van der Waals surface area contributed by atoms with Crippen molar-refractivity contribution >= 4 is 11.9 Å². The van der Waals surface area contributed by atoms with Crippen LogP contribution in [0.2, 0.25) is 0 Å². The number of hydrogen-bond acceptors (Lipinski definition) is 6. The zero-order valence-electron chi connectivity index (χ0n) is 11.7. The van der Waals surface area contributed by atoms with E-state index in [1.807, 2.05) is 0 Å². The molecule has 0 aliphatic heterocycles. The van der Waals surface area contributed by atoms with Crippen LogP contribution in [-0.4, -0.2) is 39.7 Å². The molecule has 0 fully saturated rings. The number of nitrogens with zero attached hydrogens (tertiary/aromatic N) is 3. The minimum Gasteiger partial charge on any atom is -0.466 e. The highest BCUT2D eigenvalue weighted by Gasteiger charge is 2.30. The van der Waals surface area contributed by atoms with Gasteiger partial charge >= 0.3 is 5.97 Å². The summed E-state index contributed by atoms with van der Waals surface area (Å²) in [5, 5.41) is 14.6. The second-order valence-corrected chi connectivity index (χ2v) is 4.40. The Morgan fingerprint density at radius 1 is 1.50 bits per heavy atom. The van der Waals surface area contributed by atoms with Gasteiger partial charge in [-0.25, -0.2) is 4.68 Å². The van der Waals surface area contributed by atoms with Gasteiger partial charge < -0.3 is 4.74 Å². The molecule has 0 aromatic carbocycles. The van der Waals surface area contributed by atoms with Crippen molar-refractivity contribution in [3.05, 3.63) is 27.6 Å². The maximum atomic E-state index is 12.2. The SMILES string of the molecule is CCOC(=O)CC(C[N+](=O)[O-])C(=O)n1nc(C)cc1C. The molecule has 1 rings (SSSR count). The van der Waals surface area contributed by atoms with E-state index in [4.69, 9.17) is 4.74 Å². The van der Waals surface area contributed by atoms with Gasteiger partial charge in [-0.2, -0.15) is 5.10 Å². The molecule has 1 aromatic rings. The molecule has 1 aromatic heterocycles. The number of rotatable bonds is 6. The highest BCUT2D eigenvalue weighted by atomic mass is 16.6. The molecule has 8 nitrogen and oxygen atoms in total. The Balaban J connectivity index is 2.92. The van der Waals surface area contributed by atoms with Gasteiger partial charge in [0.05, 0.1) is 18.7 Å². The first kappa shape index (κ1) is 15.8. The Kier molecular flexibility index (Phi) is 5.36. The first-order valence-electron chi connectivity index (χ1n) is 6.20. The fourth-order valence-electron chi connectivity index (χ4n) is 1.86. The molecule has 1 unspecified atom stereocenters.